The van der Waals surface area contributed by atoms with Gasteiger partial charge in [0, 0.05) is 53.5 Å². The van der Waals surface area contributed by atoms with E-state index in [2.05, 4.69) is 9.88 Å². The average Bonchev–Trinajstić information content (AvgIpc) is 2.79. The molecule has 5 nitrogen and oxygen atoms in total. The van der Waals surface area contributed by atoms with Gasteiger partial charge in [-0.2, -0.15) is 0 Å². The lowest BCUT2D eigenvalue weighted by molar-refractivity contribution is 0.0748. The highest BCUT2D eigenvalue weighted by molar-refractivity contribution is 6.30. The van der Waals surface area contributed by atoms with Gasteiger partial charge in [0.05, 0.1) is 11.1 Å². The molecule has 0 bridgehead atoms. The summed E-state index contributed by atoms with van der Waals surface area (Å²) in [4.78, 5) is 33.9. The number of rotatable bonds is 2. The summed E-state index contributed by atoms with van der Waals surface area (Å²) >= 11 is 5.99. The second kappa shape index (κ2) is 7.80. The molecule has 2 heterocycles. The van der Waals surface area contributed by atoms with Crippen molar-refractivity contribution in [3.8, 4) is 0 Å². The van der Waals surface area contributed by atoms with Gasteiger partial charge in [-0.05, 0) is 62.1 Å². The zero-order valence-electron chi connectivity index (χ0n) is 16.8. The number of fused-ring (bicyclic) bond motifs is 2. The largest absolute Gasteiger partial charge is 0.368 e. The maximum absolute atomic E-state index is 13.3. The summed E-state index contributed by atoms with van der Waals surface area (Å²) < 4.78 is 0. The Morgan fingerprint density at radius 3 is 2.43 bits per heavy atom. The number of benzene rings is 2. The number of aromatic amines is 1. The van der Waals surface area contributed by atoms with E-state index in [9.17, 15) is 9.59 Å². The highest BCUT2D eigenvalue weighted by Crippen LogP contribution is 2.24. The molecular weight excluding hydrogens is 398 g/mol. The third-order valence-corrected chi connectivity index (χ3v) is 6.57. The molecule has 1 N–H and O–H groups in total. The number of halogens is 1. The van der Waals surface area contributed by atoms with Crippen molar-refractivity contribution in [3.63, 3.8) is 0 Å². The molecule has 5 rings (SSSR count). The highest BCUT2D eigenvalue weighted by Gasteiger charge is 2.25. The summed E-state index contributed by atoms with van der Waals surface area (Å²) in [5.74, 6) is -0.0113. The predicted octanol–water partition coefficient (Wildman–Crippen LogP) is 4.02. The van der Waals surface area contributed by atoms with Crippen LogP contribution < -0.4 is 10.3 Å². The fraction of sp³-hybridized carbons (Fsp3) is 0.333. The quantitative estimate of drug-likeness (QED) is 0.679. The number of pyridine rings is 1. The van der Waals surface area contributed by atoms with Crippen molar-refractivity contribution >= 4 is 34.1 Å². The van der Waals surface area contributed by atoms with Crippen LogP contribution in [0.4, 0.5) is 5.69 Å². The minimum absolute atomic E-state index is 0.0113. The number of hydrogen-bond acceptors (Lipinski definition) is 3. The molecule has 1 aliphatic heterocycles. The number of aromatic nitrogens is 1. The van der Waals surface area contributed by atoms with Gasteiger partial charge in [-0.1, -0.05) is 17.7 Å². The van der Waals surface area contributed by atoms with Crippen LogP contribution in [0.5, 0.6) is 0 Å². The van der Waals surface area contributed by atoms with Crippen LogP contribution >= 0.6 is 11.6 Å². The molecule has 2 aromatic carbocycles. The van der Waals surface area contributed by atoms with Gasteiger partial charge in [-0.25, -0.2) is 0 Å². The van der Waals surface area contributed by atoms with E-state index >= 15 is 0 Å². The van der Waals surface area contributed by atoms with Crippen molar-refractivity contribution in [3.05, 3.63) is 74.5 Å². The smallest absolute Gasteiger partial charge is 0.256 e. The summed E-state index contributed by atoms with van der Waals surface area (Å²) in [6, 6.07) is 13.3. The molecule has 30 heavy (non-hydrogen) atoms. The monoisotopic (exact) mass is 421 g/mol. The van der Waals surface area contributed by atoms with Crippen molar-refractivity contribution in [2.75, 3.05) is 31.1 Å². The molecule has 6 heteroatoms. The minimum atomic E-state index is -0.0113. The van der Waals surface area contributed by atoms with Crippen LogP contribution in [-0.4, -0.2) is 42.0 Å². The van der Waals surface area contributed by atoms with E-state index in [0.717, 1.165) is 60.7 Å². The van der Waals surface area contributed by atoms with Crippen LogP contribution in [0, 0.1) is 0 Å². The molecule has 1 aliphatic carbocycles. The van der Waals surface area contributed by atoms with Crippen LogP contribution in [0.25, 0.3) is 10.9 Å². The van der Waals surface area contributed by atoms with Gasteiger partial charge in [-0.15, -0.1) is 0 Å². The molecular formula is C24H24ClN3O2. The summed E-state index contributed by atoms with van der Waals surface area (Å²) in [5.41, 5.74) is 4.39. The molecule has 0 unspecified atom stereocenters. The van der Waals surface area contributed by atoms with Gasteiger partial charge < -0.3 is 14.8 Å². The van der Waals surface area contributed by atoms with Gasteiger partial charge in [0.15, 0.2) is 5.43 Å². The Kier molecular flexibility index (Phi) is 4.99. The van der Waals surface area contributed by atoms with Gasteiger partial charge in [-0.3, -0.25) is 9.59 Å². The van der Waals surface area contributed by atoms with Crippen molar-refractivity contribution in [2.24, 2.45) is 0 Å². The first kappa shape index (κ1) is 19.2. The van der Waals surface area contributed by atoms with Crippen LogP contribution in [-0.2, 0) is 12.8 Å². The van der Waals surface area contributed by atoms with Crippen LogP contribution in [0.1, 0.15) is 34.5 Å². The number of carbonyl (C=O) groups is 1. The normalized spacial score (nSPS) is 16.6. The Hall–Kier alpha value is -2.79. The molecule has 0 atom stereocenters. The molecule has 1 fully saturated rings. The SMILES string of the molecule is O=C(c1cccc2c(=O)c3c([nH]c12)CCCC3)N1CCN(c2ccc(Cl)cc2)CC1. The van der Waals surface area contributed by atoms with Crippen molar-refractivity contribution in [1.82, 2.24) is 9.88 Å². The minimum Gasteiger partial charge on any atom is -0.368 e. The number of amides is 1. The zero-order chi connectivity index (χ0) is 20.7. The van der Waals surface area contributed by atoms with Crippen LogP contribution in [0.2, 0.25) is 5.02 Å². The van der Waals surface area contributed by atoms with Crippen LogP contribution in [0.15, 0.2) is 47.3 Å². The Balaban J connectivity index is 1.41. The van der Waals surface area contributed by atoms with E-state index < -0.39 is 0 Å². The van der Waals surface area contributed by atoms with E-state index in [0.29, 0.717) is 29.6 Å². The van der Waals surface area contributed by atoms with Gasteiger partial charge >= 0.3 is 0 Å². The molecule has 1 saturated heterocycles. The first-order valence-electron chi connectivity index (χ1n) is 10.6. The number of carbonyl (C=O) groups excluding carboxylic acids is 1. The van der Waals surface area contributed by atoms with Crippen LogP contribution in [0.3, 0.4) is 0 Å². The number of piperazine rings is 1. The molecule has 1 amide bonds. The molecule has 0 radical (unpaired) electrons. The Labute approximate surface area is 180 Å². The lowest BCUT2D eigenvalue weighted by Crippen LogP contribution is -2.48. The fourth-order valence-corrected chi connectivity index (χ4v) is 4.78. The summed E-state index contributed by atoms with van der Waals surface area (Å²) in [6.45, 7) is 2.83. The molecule has 0 spiro atoms. The first-order valence-corrected chi connectivity index (χ1v) is 11.0. The fourth-order valence-electron chi connectivity index (χ4n) is 4.65. The third kappa shape index (κ3) is 3.37. The van der Waals surface area contributed by atoms with Crippen molar-refractivity contribution in [2.45, 2.75) is 25.7 Å². The summed E-state index contributed by atoms with van der Waals surface area (Å²) in [7, 11) is 0. The first-order chi connectivity index (χ1) is 14.6. The van der Waals surface area contributed by atoms with Gasteiger partial charge in [0.1, 0.15) is 0 Å². The number of anilines is 1. The highest BCUT2D eigenvalue weighted by atomic mass is 35.5. The number of nitrogens with one attached hydrogen (secondary N) is 1. The van der Waals surface area contributed by atoms with Gasteiger partial charge in [0.25, 0.3) is 5.91 Å². The molecule has 154 valence electrons. The summed E-state index contributed by atoms with van der Waals surface area (Å²) in [6.07, 6.45) is 3.84. The lowest BCUT2D eigenvalue weighted by Gasteiger charge is -2.36. The molecule has 3 aromatic rings. The number of aryl methyl sites for hydroxylation is 1. The third-order valence-electron chi connectivity index (χ3n) is 6.32. The Morgan fingerprint density at radius 1 is 0.933 bits per heavy atom. The topological polar surface area (TPSA) is 56.4 Å². The van der Waals surface area contributed by atoms with E-state index in [1.54, 1.807) is 0 Å². The number of nitrogens with zero attached hydrogens (tertiary/aromatic N) is 2. The van der Waals surface area contributed by atoms with Crippen molar-refractivity contribution in [1.29, 1.82) is 0 Å². The lowest BCUT2D eigenvalue weighted by atomic mass is 9.93. The summed E-state index contributed by atoms with van der Waals surface area (Å²) in [5, 5.41) is 1.35. The average molecular weight is 422 g/mol. The maximum atomic E-state index is 13.3. The Morgan fingerprint density at radius 2 is 1.67 bits per heavy atom. The van der Waals surface area contributed by atoms with E-state index in [1.807, 2.05) is 47.4 Å². The molecule has 1 aromatic heterocycles. The number of hydrogen-bond donors (Lipinski definition) is 1. The van der Waals surface area contributed by atoms with Crippen molar-refractivity contribution < 1.29 is 4.79 Å². The standard InChI is InChI=1S/C24H24ClN3O2/c25-16-8-10-17(11-9-16)27-12-14-28(15-13-27)24(30)20-6-3-5-19-22(20)26-21-7-2-1-4-18(21)23(19)29/h3,5-6,8-11H,1-2,4,7,12-15H2,(H,26,29). The van der Waals surface area contributed by atoms with Gasteiger partial charge in [0.2, 0.25) is 0 Å². The van der Waals surface area contributed by atoms with E-state index in [4.69, 9.17) is 11.6 Å². The number of H-pyrrole nitrogens is 1. The van der Waals surface area contributed by atoms with E-state index in [1.165, 1.54) is 0 Å². The Bertz CT molecular complexity index is 1160. The maximum Gasteiger partial charge on any atom is 0.256 e. The molecule has 0 saturated carbocycles. The second-order valence-electron chi connectivity index (χ2n) is 8.10. The second-order valence-corrected chi connectivity index (χ2v) is 8.54. The number of para-hydroxylation sites is 1. The van der Waals surface area contributed by atoms with E-state index in [-0.39, 0.29) is 11.3 Å². The predicted molar refractivity (Wildman–Crippen MR) is 121 cm³/mol. The molecule has 2 aliphatic rings. The zero-order valence-corrected chi connectivity index (χ0v) is 17.5.